The van der Waals surface area contributed by atoms with E-state index in [4.69, 9.17) is 0 Å². The monoisotopic (exact) mass is 407 g/mol. The first-order chi connectivity index (χ1) is 13.4. The van der Waals surface area contributed by atoms with Crippen LogP contribution in [0.2, 0.25) is 0 Å². The number of sulfonamides is 1. The zero-order valence-electron chi connectivity index (χ0n) is 16.6. The number of hydrogen-bond acceptors (Lipinski definition) is 6. The fourth-order valence-corrected chi connectivity index (χ4v) is 6.90. The number of nitrogens with zero attached hydrogens (tertiary/aromatic N) is 5. The van der Waals surface area contributed by atoms with Crippen LogP contribution in [0.25, 0.3) is 0 Å². The van der Waals surface area contributed by atoms with Crippen molar-refractivity contribution in [2.75, 3.05) is 43.9 Å². The molecule has 3 aliphatic heterocycles. The van der Waals surface area contributed by atoms with Gasteiger partial charge in [-0.25, -0.2) is 22.7 Å². The first-order valence-electron chi connectivity index (χ1n) is 10.2. The molecular weight excluding hydrogens is 378 g/mol. The number of hydrogen-bond donors (Lipinski definition) is 0. The fraction of sp³-hybridized carbons (Fsp3) is 0.737. The van der Waals surface area contributed by atoms with Crippen LogP contribution < -0.4 is 4.90 Å². The van der Waals surface area contributed by atoms with E-state index in [0.717, 1.165) is 13.0 Å². The second kappa shape index (κ2) is 7.26. The Morgan fingerprint density at radius 3 is 2.50 bits per heavy atom. The van der Waals surface area contributed by atoms with Crippen LogP contribution in [-0.2, 0) is 14.8 Å². The fourth-order valence-electron chi connectivity index (χ4n) is 5.25. The SMILES string of the molecule is CCCCS(=O)(=O)N1CCC2(CC1)[C@@H]1CN(c3ncccn3)C[C@@H]1C(=O)N2C. The van der Waals surface area contributed by atoms with Crippen molar-refractivity contribution in [3.05, 3.63) is 18.5 Å². The van der Waals surface area contributed by atoms with E-state index in [1.807, 2.05) is 18.9 Å². The molecule has 0 radical (unpaired) electrons. The van der Waals surface area contributed by atoms with Gasteiger partial charge in [0.15, 0.2) is 0 Å². The molecule has 0 aliphatic carbocycles. The molecule has 0 N–H and O–H groups in total. The van der Waals surface area contributed by atoms with Crippen LogP contribution >= 0.6 is 0 Å². The Morgan fingerprint density at radius 2 is 1.86 bits per heavy atom. The summed E-state index contributed by atoms with van der Waals surface area (Å²) >= 11 is 0. The summed E-state index contributed by atoms with van der Waals surface area (Å²) in [5, 5.41) is 0. The molecule has 1 aromatic rings. The molecule has 28 heavy (non-hydrogen) atoms. The first kappa shape index (κ1) is 19.6. The summed E-state index contributed by atoms with van der Waals surface area (Å²) in [4.78, 5) is 25.7. The van der Waals surface area contributed by atoms with Gasteiger partial charge in [-0.2, -0.15) is 0 Å². The van der Waals surface area contributed by atoms with Gasteiger partial charge in [0, 0.05) is 51.5 Å². The van der Waals surface area contributed by atoms with Gasteiger partial charge in [-0.15, -0.1) is 0 Å². The number of rotatable bonds is 5. The smallest absolute Gasteiger partial charge is 0.228 e. The Labute approximate surface area is 167 Å². The minimum atomic E-state index is -3.20. The van der Waals surface area contributed by atoms with Crippen LogP contribution in [0.15, 0.2) is 18.5 Å². The summed E-state index contributed by atoms with van der Waals surface area (Å²) in [6.07, 6.45) is 6.41. The van der Waals surface area contributed by atoms with Crippen LogP contribution in [0.3, 0.4) is 0 Å². The third-order valence-electron chi connectivity index (χ3n) is 6.90. The largest absolute Gasteiger partial charge is 0.340 e. The average molecular weight is 408 g/mol. The molecule has 154 valence electrons. The highest BCUT2D eigenvalue weighted by molar-refractivity contribution is 7.89. The minimum absolute atomic E-state index is 0.0583. The molecule has 1 spiro atoms. The number of piperidine rings is 1. The number of carbonyl (C=O) groups excluding carboxylic acids is 1. The minimum Gasteiger partial charge on any atom is -0.340 e. The Kier molecular flexibility index (Phi) is 5.07. The zero-order valence-corrected chi connectivity index (χ0v) is 17.4. The van der Waals surface area contributed by atoms with Crippen LogP contribution in [0.4, 0.5) is 5.95 Å². The van der Waals surface area contributed by atoms with Crippen molar-refractivity contribution in [2.45, 2.75) is 38.1 Å². The van der Waals surface area contributed by atoms with Gasteiger partial charge in [-0.1, -0.05) is 13.3 Å². The maximum atomic E-state index is 13.0. The summed E-state index contributed by atoms with van der Waals surface area (Å²) in [7, 11) is -1.30. The first-order valence-corrected chi connectivity index (χ1v) is 11.8. The van der Waals surface area contributed by atoms with Crippen molar-refractivity contribution in [3.8, 4) is 0 Å². The summed E-state index contributed by atoms with van der Waals surface area (Å²) in [6.45, 7) is 4.37. The van der Waals surface area contributed by atoms with Crippen molar-refractivity contribution in [3.63, 3.8) is 0 Å². The van der Waals surface area contributed by atoms with Gasteiger partial charge >= 0.3 is 0 Å². The maximum absolute atomic E-state index is 13.0. The molecule has 1 aromatic heterocycles. The van der Waals surface area contributed by atoms with Crippen LogP contribution in [0.5, 0.6) is 0 Å². The van der Waals surface area contributed by atoms with Gasteiger partial charge in [0.1, 0.15) is 0 Å². The third kappa shape index (κ3) is 3.08. The van der Waals surface area contributed by atoms with Crippen LogP contribution in [0, 0.1) is 11.8 Å². The van der Waals surface area contributed by atoms with Crippen molar-refractivity contribution in [2.24, 2.45) is 11.8 Å². The van der Waals surface area contributed by atoms with Crippen LogP contribution in [-0.4, -0.2) is 78.0 Å². The molecule has 0 aromatic carbocycles. The number of anilines is 1. The predicted octanol–water partition coefficient (Wildman–Crippen LogP) is 0.966. The molecule has 9 heteroatoms. The Morgan fingerprint density at radius 1 is 1.18 bits per heavy atom. The van der Waals surface area contributed by atoms with Gasteiger partial charge in [0.25, 0.3) is 0 Å². The standard InChI is InChI=1S/C19H29N5O3S/c1-3-4-12-28(26,27)24-10-6-19(7-11-24)16-14-23(18-20-8-5-9-21-18)13-15(16)17(25)22(19)2/h5,8-9,15-16H,3-4,6-7,10-14H2,1-2H3/t15-,16+/m0/s1. The number of carbonyl (C=O) groups is 1. The van der Waals surface area contributed by atoms with Crippen molar-refractivity contribution < 1.29 is 13.2 Å². The topological polar surface area (TPSA) is 86.7 Å². The lowest BCUT2D eigenvalue weighted by Crippen LogP contribution is -2.56. The summed E-state index contributed by atoms with van der Waals surface area (Å²) in [5.74, 6) is 1.19. The van der Waals surface area contributed by atoms with Gasteiger partial charge in [0.05, 0.1) is 17.2 Å². The Bertz CT molecular complexity index is 823. The average Bonchev–Trinajstić information content (AvgIpc) is 3.24. The molecule has 0 unspecified atom stereocenters. The highest BCUT2D eigenvalue weighted by atomic mass is 32.2. The van der Waals surface area contributed by atoms with Gasteiger partial charge in [-0.3, -0.25) is 4.79 Å². The number of amides is 1. The molecule has 3 aliphatic rings. The summed E-state index contributed by atoms with van der Waals surface area (Å²) in [6, 6.07) is 1.79. The van der Waals surface area contributed by atoms with E-state index in [-0.39, 0.29) is 29.0 Å². The summed E-state index contributed by atoms with van der Waals surface area (Å²) < 4.78 is 26.8. The summed E-state index contributed by atoms with van der Waals surface area (Å²) in [5.41, 5.74) is -0.262. The van der Waals surface area contributed by atoms with Gasteiger partial charge < -0.3 is 9.80 Å². The lowest BCUT2D eigenvalue weighted by molar-refractivity contribution is -0.132. The number of fused-ring (bicyclic) bond motifs is 2. The van der Waals surface area contributed by atoms with Crippen LogP contribution in [0.1, 0.15) is 32.6 Å². The van der Waals surface area contributed by atoms with Gasteiger partial charge in [0.2, 0.25) is 21.9 Å². The molecule has 8 nitrogen and oxygen atoms in total. The van der Waals surface area contributed by atoms with E-state index in [1.165, 1.54) is 0 Å². The predicted molar refractivity (Wildman–Crippen MR) is 106 cm³/mol. The molecular formula is C19H29N5O3S. The highest BCUT2D eigenvalue weighted by Crippen LogP contribution is 2.49. The van der Waals surface area contributed by atoms with E-state index < -0.39 is 10.0 Å². The quantitative estimate of drug-likeness (QED) is 0.723. The Hall–Kier alpha value is -1.74. The molecule has 3 saturated heterocycles. The van der Waals surface area contributed by atoms with E-state index in [2.05, 4.69) is 14.9 Å². The van der Waals surface area contributed by atoms with Gasteiger partial charge in [-0.05, 0) is 25.3 Å². The normalized spacial score (nSPS) is 27.6. The second-order valence-corrected chi connectivity index (χ2v) is 10.3. The number of unbranched alkanes of at least 4 members (excludes halogenated alkanes) is 1. The highest BCUT2D eigenvalue weighted by Gasteiger charge is 2.61. The molecule has 0 bridgehead atoms. The Balaban J connectivity index is 1.51. The molecule has 4 rings (SSSR count). The molecule has 3 fully saturated rings. The maximum Gasteiger partial charge on any atom is 0.228 e. The van der Waals surface area contributed by atoms with Crippen molar-refractivity contribution >= 4 is 21.9 Å². The van der Waals surface area contributed by atoms with Crippen molar-refractivity contribution in [1.82, 2.24) is 19.2 Å². The molecule has 2 atom stereocenters. The zero-order chi connectivity index (χ0) is 19.9. The van der Waals surface area contributed by atoms with E-state index in [0.29, 0.717) is 44.8 Å². The lowest BCUT2D eigenvalue weighted by Gasteiger charge is -2.46. The van der Waals surface area contributed by atoms with Crippen molar-refractivity contribution in [1.29, 1.82) is 0 Å². The van der Waals surface area contributed by atoms with E-state index >= 15 is 0 Å². The lowest BCUT2D eigenvalue weighted by atomic mass is 9.75. The molecule has 4 heterocycles. The van der Waals surface area contributed by atoms with E-state index in [9.17, 15) is 13.2 Å². The number of likely N-dealkylation sites (tertiary alicyclic amines) is 1. The second-order valence-electron chi connectivity index (χ2n) is 8.24. The third-order valence-corrected chi connectivity index (χ3v) is 8.85. The molecule has 0 saturated carbocycles. The van der Waals surface area contributed by atoms with E-state index in [1.54, 1.807) is 22.8 Å². The molecule has 1 amide bonds. The number of aromatic nitrogens is 2.